The van der Waals surface area contributed by atoms with E-state index in [9.17, 15) is 24.6 Å². The van der Waals surface area contributed by atoms with Crippen LogP contribution >= 0.6 is 35.6 Å². The van der Waals surface area contributed by atoms with Crippen molar-refractivity contribution in [3.05, 3.63) is 76.0 Å². The number of ether oxygens (including phenoxy) is 1. The highest BCUT2D eigenvalue weighted by molar-refractivity contribution is 8.16. The number of alkyl halides is 1. The number of likely N-dealkylation sites (tertiary alicyclic amines) is 1. The first kappa shape index (κ1) is 29.3. The second kappa shape index (κ2) is 11.7. The summed E-state index contributed by atoms with van der Waals surface area (Å²) in [7, 11) is 0. The molecule has 3 atom stereocenters. The van der Waals surface area contributed by atoms with Gasteiger partial charge < -0.3 is 14.9 Å². The van der Waals surface area contributed by atoms with E-state index in [1.165, 1.54) is 6.92 Å². The number of hydrogen-bond donors (Lipinski definition) is 2. The quantitative estimate of drug-likeness (QED) is 0.0882. The number of nitrogens with zero attached hydrogens (tertiary/aromatic N) is 2. The lowest BCUT2D eigenvalue weighted by atomic mass is 9.92. The number of β-lactam (4-membered cyclic amide) rings is 1. The number of carboxylic acids is 1. The number of carboxylic acid groups (broad SMARTS) is 1. The van der Waals surface area contributed by atoms with Crippen LogP contribution in [-0.4, -0.2) is 48.6 Å². The first-order chi connectivity index (χ1) is 17.8. The average Bonchev–Trinajstić information content (AvgIpc) is 2.86. The molecule has 1 fully saturated rings. The maximum atomic E-state index is 12.8. The van der Waals surface area contributed by atoms with Crippen LogP contribution in [0.25, 0.3) is 0 Å². The van der Waals surface area contributed by atoms with Gasteiger partial charge in [0.1, 0.15) is 11.3 Å². The van der Waals surface area contributed by atoms with Crippen molar-refractivity contribution in [1.29, 1.82) is 5.26 Å². The molecule has 0 bridgehead atoms. The second-order valence-corrected chi connectivity index (χ2v) is 11.4. The summed E-state index contributed by atoms with van der Waals surface area (Å²) in [6.07, 6.45) is -1.09. The highest BCUT2D eigenvalue weighted by Crippen LogP contribution is 2.40. The maximum Gasteiger partial charge on any atom is 0.357 e. The topological polar surface area (TPSA) is 128 Å². The zero-order valence-corrected chi connectivity index (χ0v) is 23.4. The van der Waals surface area contributed by atoms with Gasteiger partial charge in [-0.3, -0.25) is 14.5 Å². The van der Waals surface area contributed by atoms with E-state index < -0.39 is 45.6 Å². The molecule has 0 spiro atoms. The van der Waals surface area contributed by atoms with Crippen LogP contribution in [0.15, 0.2) is 59.3 Å². The Labute approximate surface area is 234 Å². The third-order valence-corrected chi connectivity index (χ3v) is 7.82. The number of carbonyl (C=O) groups is 3. The molecule has 11 heteroatoms. The lowest BCUT2D eigenvalue weighted by molar-refractivity contribution is -0.158. The second-order valence-electron chi connectivity index (χ2n) is 9.57. The van der Waals surface area contributed by atoms with Gasteiger partial charge in [-0.05, 0) is 66.2 Å². The minimum atomic E-state index is -1.52. The van der Waals surface area contributed by atoms with Gasteiger partial charge in [0.25, 0.3) is 0 Å². The molecule has 3 rings (SSSR count). The number of benzene rings is 2. The Morgan fingerprint density at radius 3 is 2.08 bits per heavy atom. The molecule has 2 aromatic carbocycles. The third kappa shape index (κ3) is 6.25. The van der Waals surface area contributed by atoms with Gasteiger partial charge in [-0.15, -0.1) is 0 Å². The number of aliphatic hydroxyl groups excluding tert-OH is 1. The zero-order valence-electron chi connectivity index (χ0n) is 21.0. The molecular weight excluding hydrogens is 548 g/mol. The van der Waals surface area contributed by atoms with Crippen LogP contribution in [0.1, 0.15) is 44.4 Å². The number of nitriles is 1. The number of thioether (sulfide) groups is 1. The zero-order chi connectivity index (χ0) is 28.4. The minimum absolute atomic E-state index is 0.200. The van der Waals surface area contributed by atoms with Crippen molar-refractivity contribution in [1.82, 2.24) is 4.90 Å². The molecule has 198 valence electrons. The Hall–Kier alpha value is -3.23. The van der Waals surface area contributed by atoms with Crippen molar-refractivity contribution in [2.24, 2.45) is 11.3 Å². The Morgan fingerprint density at radius 1 is 1.13 bits per heavy atom. The molecule has 8 nitrogen and oxygen atoms in total. The SMILES string of the molecule is C[C@@H](O)[C@H]1C(=O)N(C(C(=O)O)=C(Oc2ccc(C(=S)c3ccc(C#N)cc3)cc2)SC(=O)C(C)(C)C)[C@H]1Cl. The van der Waals surface area contributed by atoms with Gasteiger partial charge in [-0.2, -0.15) is 5.26 Å². The number of rotatable bonds is 8. The smallest absolute Gasteiger partial charge is 0.357 e. The predicted octanol–water partition coefficient (Wildman–Crippen LogP) is 4.67. The molecule has 2 aromatic rings. The van der Waals surface area contributed by atoms with E-state index in [0.29, 0.717) is 27.8 Å². The molecule has 0 aromatic heterocycles. The van der Waals surface area contributed by atoms with Crippen LogP contribution in [0, 0.1) is 22.7 Å². The summed E-state index contributed by atoms with van der Waals surface area (Å²) in [5.41, 5.74) is -0.642. The number of aliphatic hydroxyl groups is 1. The molecule has 1 aliphatic rings. The van der Waals surface area contributed by atoms with E-state index in [0.717, 1.165) is 10.5 Å². The summed E-state index contributed by atoms with van der Waals surface area (Å²) in [6.45, 7) is 6.39. The van der Waals surface area contributed by atoms with Crippen molar-refractivity contribution in [2.45, 2.75) is 39.3 Å². The van der Waals surface area contributed by atoms with Gasteiger partial charge in [0.05, 0.1) is 28.5 Å². The Bertz CT molecular complexity index is 1340. The fraction of sp³-hybridized carbons (Fsp3) is 0.296. The van der Waals surface area contributed by atoms with Crippen molar-refractivity contribution in [2.75, 3.05) is 0 Å². The van der Waals surface area contributed by atoms with Crippen LogP contribution in [-0.2, 0) is 14.4 Å². The van der Waals surface area contributed by atoms with E-state index in [1.807, 2.05) is 0 Å². The highest BCUT2D eigenvalue weighted by atomic mass is 35.5. The summed E-state index contributed by atoms with van der Waals surface area (Å²) in [6, 6.07) is 15.3. The standard InChI is InChI=1S/C27H25ClN2O6S2/c1-14(31)19-22(28)30(23(19)32)20(24(33)34)25(38-26(35)27(2,3)4)36-18-11-9-17(10-12-18)21(37)16-7-5-15(13-29)6-8-16/h5-12,14,19,22,31H,1-4H3,(H,33,34)/t14-,19-,22-/m1/s1. The summed E-state index contributed by atoms with van der Waals surface area (Å²) >= 11 is 12.4. The molecule has 38 heavy (non-hydrogen) atoms. The highest BCUT2D eigenvalue weighted by Gasteiger charge is 2.53. The van der Waals surface area contributed by atoms with Crippen LogP contribution < -0.4 is 4.74 Å². The molecule has 0 unspecified atom stereocenters. The summed E-state index contributed by atoms with van der Waals surface area (Å²) in [5.74, 6) is -3.00. The molecule has 1 aliphatic heterocycles. The average molecular weight is 573 g/mol. The Morgan fingerprint density at radius 2 is 1.66 bits per heavy atom. The first-order valence-electron chi connectivity index (χ1n) is 11.4. The van der Waals surface area contributed by atoms with Crippen LogP contribution in [0.2, 0.25) is 0 Å². The fourth-order valence-electron chi connectivity index (χ4n) is 3.44. The number of hydrogen-bond acceptors (Lipinski definition) is 8. The number of halogens is 1. The molecule has 0 aliphatic carbocycles. The van der Waals surface area contributed by atoms with Gasteiger partial charge in [0.2, 0.25) is 11.0 Å². The Kier molecular flexibility index (Phi) is 9.00. The number of aliphatic carboxylic acids is 1. The van der Waals surface area contributed by atoms with Gasteiger partial charge in [-0.1, -0.05) is 56.7 Å². The molecular formula is C27H25ClN2O6S2. The summed E-state index contributed by atoms with van der Waals surface area (Å²) in [5, 5.41) is 28.1. The van der Waals surface area contributed by atoms with Gasteiger partial charge in [0, 0.05) is 5.41 Å². The van der Waals surface area contributed by atoms with Gasteiger partial charge in [-0.25, -0.2) is 4.79 Å². The fourth-order valence-corrected chi connectivity index (χ4v) is 5.11. The lowest BCUT2D eigenvalue weighted by Crippen LogP contribution is -2.62. The third-order valence-electron chi connectivity index (χ3n) is 5.62. The van der Waals surface area contributed by atoms with E-state index in [4.69, 9.17) is 33.8 Å². The largest absolute Gasteiger partial charge is 0.476 e. The molecule has 1 saturated heterocycles. The van der Waals surface area contributed by atoms with Crippen molar-refractivity contribution in [3.63, 3.8) is 0 Å². The predicted molar refractivity (Wildman–Crippen MR) is 147 cm³/mol. The molecule has 2 N–H and O–H groups in total. The van der Waals surface area contributed by atoms with Crippen LogP contribution in [0.4, 0.5) is 0 Å². The van der Waals surface area contributed by atoms with Crippen molar-refractivity contribution in [3.8, 4) is 11.8 Å². The molecule has 1 heterocycles. The summed E-state index contributed by atoms with van der Waals surface area (Å²) in [4.78, 5) is 39.2. The first-order valence-corrected chi connectivity index (χ1v) is 13.1. The maximum absolute atomic E-state index is 12.8. The van der Waals surface area contributed by atoms with Crippen LogP contribution in [0.5, 0.6) is 5.75 Å². The molecule has 0 saturated carbocycles. The Balaban J connectivity index is 1.96. The monoisotopic (exact) mass is 572 g/mol. The van der Waals surface area contributed by atoms with E-state index in [1.54, 1.807) is 69.3 Å². The normalized spacial score (nSPS) is 18.6. The van der Waals surface area contributed by atoms with Crippen molar-refractivity contribution < 1.29 is 29.3 Å². The molecule has 1 amide bonds. The summed E-state index contributed by atoms with van der Waals surface area (Å²) < 4.78 is 5.87. The number of carbonyl (C=O) groups excluding carboxylic acids is 2. The van der Waals surface area contributed by atoms with Gasteiger partial charge >= 0.3 is 5.97 Å². The minimum Gasteiger partial charge on any atom is -0.476 e. The van der Waals surface area contributed by atoms with E-state index in [-0.39, 0.29) is 10.8 Å². The number of amides is 1. The van der Waals surface area contributed by atoms with E-state index >= 15 is 0 Å². The number of thiocarbonyl (C=S) groups is 1. The lowest BCUT2D eigenvalue weighted by Gasteiger charge is -2.44. The van der Waals surface area contributed by atoms with Gasteiger partial charge in [0.15, 0.2) is 10.8 Å². The van der Waals surface area contributed by atoms with E-state index in [2.05, 4.69) is 6.07 Å². The molecule has 0 radical (unpaired) electrons. The van der Waals surface area contributed by atoms with Crippen molar-refractivity contribution >= 4 is 57.4 Å². The van der Waals surface area contributed by atoms with Crippen LogP contribution in [0.3, 0.4) is 0 Å².